The number of fused-ring (bicyclic) bond motifs is 1. The fourth-order valence-corrected chi connectivity index (χ4v) is 4.84. The lowest BCUT2D eigenvalue weighted by Gasteiger charge is -2.46. The molecule has 1 saturated carbocycles. The first-order chi connectivity index (χ1) is 15.2. The van der Waals surface area contributed by atoms with Gasteiger partial charge in [-0.15, -0.1) is 5.10 Å². The van der Waals surface area contributed by atoms with Crippen LogP contribution in [0.1, 0.15) is 37.7 Å². The predicted molar refractivity (Wildman–Crippen MR) is 114 cm³/mol. The predicted octanol–water partition coefficient (Wildman–Crippen LogP) is 0.321. The van der Waals surface area contributed by atoms with Gasteiger partial charge < -0.3 is 25.8 Å². The van der Waals surface area contributed by atoms with Crippen LogP contribution in [-0.4, -0.2) is 56.5 Å². The average Bonchev–Trinajstić information content (AvgIpc) is 2.77. The van der Waals surface area contributed by atoms with Gasteiger partial charge in [-0.3, -0.25) is 4.90 Å². The standard InChI is InChI=1S/C21H31N5O6/c22-19(24-25-23)21(30,31)10-14-6-7-15-11-26(17(18(27)28)9-16(15)8-14)20(29)32-12-13-4-2-1-3-5-13/h1-5,14-17,25,30-31H,6-12,23H2,(H2,22,24)(H,27,28). The third kappa shape index (κ3) is 5.67. The zero-order valence-electron chi connectivity index (χ0n) is 17.8. The molecule has 1 saturated heterocycles. The molecule has 4 atom stereocenters. The summed E-state index contributed by atoms with van der Waals surface area (Å²) in [7, 11) is 0. The van der Waals surface area contributed by atoms with Gasteiger partial charge in [-0.25, -0.2) is 21.0 Å². The molecule has 2 aliphatic rings. The third-order valence-corrected chi connectivity index (χ3v) is 6.48. The second-order valence-electron chi connectivity index (χ2n) is 8.63. The maximum atomic E-state index is 12.7. The van der Waals surface area contributed by atoms with Gasteiger partial charge >= 0.3 is 12.1 Å². The molecule has 1 aliphatic carbocycles. The Morgan fingerprint density at radius 1 is 1.19 bits per heavy atom. The summed E-state index contributed by atoms with van der Waals surface area (Å²) >= 11 is 0. The summed E-state index contributed by atoms with van der Waals surface area (Å²) in [6.45, 7) is 0.375. The van der Waals surface area contributed by atoms with Crippen LogP contribution in [0.15, 0.2) is 35.4 Å². The number of hydrazine groups is 1. The number of ether oxygens (including phenoxy) is 1. The summed E-state index contributed by atoms with van der Waals surface area (Å²) in [6.07, 6.45) is 1.64. The highest BCUT2D eigenvalue weighted by Gasteiger charge is 2.45. The van der Waals surface area contributed by atoms with Crippen LogP contribution in [0.4, 0.5) is 4.79 Å². The van der Waals surface area contributed by atoms with Crippen LogP contribution < -0.4 is 17.1 Å². The topological polar surface area (TPSA) is 184 Å². The summed E-state index contributed by atoms with van der Waals surface area (Å²) < 4.78 is 5.38. The number of hydrogen-bond donors (Lipinski definition) is 6. The van der Waals surface area contributed by atoms with E-state index < -0.39 is 29.7 Å². The van der Waals surface area contributed by atoms with Crippen LogP contribution in [0.25, 0.3) is 0 Å². The first-order valence-corrected chi connectivity index (χ1v) is 10.7. The summed E-state index contributed by atoms with van der Waals surface area (Å²) in [4.78, 5) is 25.9. The third-order valence-electron chi connectivity index (χ3n) is 6.48. The first-order valence-electron chi connectivity index (χ1n) is 10.7. The van der Waals surface area contributed by atoms with Crippen molar-refractivity contribution in [2.45, 2.75) is 50.5 Å². The van der Waals surface area contributed by atoms with E-state index in [1.54, 1.807) is 0 Å². The molecule has 0 spiro atoms. The Hall–Kier alpha value is -2.89. The van der Waals surface area contributed by atoms with Gasteiger partial charge in [0.05, 0.1) is 0 Å². The maximum Gasteiger partial charge on any atom is 0.410 e. The summed E-state index contributed by atoms with van der Waals surface area (Å²) in [6, 6.07) is 8.22. The molecule has 3 rings (SSSR count). The number of likely N-dealkylation sites (tertiary alicyclic amines) is 1. The molecule has 0 radical (unpaired) electrons. The van der Waals surface area contributed by atoms with Crippen molar-refractivity contribution < 1.29 is 29.6 Å². The number of amides is 1. The number of hydrogen-bond acceptors (Lipinski definition) is 8. The molecule has 1 amide bonds. The number of aliphatic hydroxyl groups is 2. The quantitative estimate of drug-likeness (QED) is 0.112. The van der Waals surface area contributed by atoms with Gasteiger partial charge in [0.25, 0.3) is 0 Å². The zero-order valence-corrected chi connectivity index (χ0v) is 17.8. The van der Waals surface area contributed by atoms with Crippen molar-refractivity contribution >= 4 is 17.9 Å². The molecule has 8 N–H and O–H groups in total. The molecule has 0 bridgehead atoms. The van der Waals surface area contributed by atoms with E-state index in [0.29, 0.717) is 19.4 Å². The highest BCUT2D eigenvalue weighted by Crippen LogP contribution is 2.43. The van der Waals surface area contributed by atoms with E-state index in [1.165, 1.54) is 4.90 Å². The lowest BCUT2D eigenvalue weighted by molar-refractivity contribution is -0.147. The van der Waals surface area contributed by atoms with E-state index in [-0.39, 0.29) is 37.2 Å². The van der Waals surface area contributed by atoms with Gasteiger partial charge in [0, 0.05) is 13.0 Å². The van der Waals surface area contributed by atoms with Crippen LogP contribution in [0.2, 0.25) is 0 Å². The second kappa shape index (κ2) is 10.2. The molecule has 32 heavy (non-hydrogen) atoms. The number of amidine groups is 1. The van der Waals surface area contributed by atoms with Gasteiger partial charge in [0.2, 0.25) is 5.79 Å². The van der Waals surface area contributed by atoms with Crippen LogP contribution in [0, 0.1) is 17.8 Å². The lowest BCUT2D eigenvalue weighted by Crippen LogP contribution is -2.55. The number of nitrogens with one attached hydrogen (secondary N) is 1. The van der Waals surface area contributed by atoms with Crippen molar-refractivity contribution in [3.8, 4) is 0 Å². The van der Waals surface area contributed by atoms with Crippen LogP contribution in [-0.2, 0) is 16.1 Å². The Morgan fingerprint density at radius 2 is 1.91 bits per heavy atom. The number of carbonyl (C=O) groups is 2. The maximum absolute atomic E-state index is 12.7. The van der Waals surface area contributed by atoms with Crippen molar-refractivity contribution in [3.63, 3.8) is 0 Å². The van der Waals surface area contributed by atoms with Gasteiger partial charge in [-0.1, -0.05) is 30.3 Å². The first kappa shape index (κ1) is 23.8. The minimum atomic E-state index is -2.31. The van der Waals surface area contributed by atoms with E-state index in [0.717, 1.165) is 12.0 Å². The molecule has 11 heteroatoms. The minimum Gasteiger partial charge on any atom is -0.480 e. The molecule has 176 valence electrons. The SMILES string of the molecule is NN/N=C(\N)C(O)(O)CC1CCC2CN(C(=O)OCc3ccccc3)C(C(=O)O)CC2C1. The normalized spacial score (nSPS) is 26.2. The minimum absolute atomic E-state index is 0.0339. The van der Waals surface area contributed by atoms with Crippen LogP contribution >= 0.6 is 0 Å². The van der Waals surface area contributed by atoms with E-state index in [9.17, 15) is 24.9 Å². The Bertz CT molecular complexity index is 833. The van der Waals surface area contributed by atoms with Gasteiger partial charge in [0.1, 0.15) is 12.6 Å². The lowest BCUT2D eigenvalue weighted by atomic mass is 9.68. The molecule has 0 aromatic heterocycles. The monoisotopic (exact) mass is 449 g/mol. The number of piperidine rings is 1. The van der Waals surface area contributed by atoms with Crippen molar-refractivity contribution in [1.29, 1.82) is 0 Å². The van der Waals surface area contributed by atoms with Crippen LogP contribution in [0.3, 0.4) is 0 Å². The Labute approximate surface area is 186 Å². The second-order valence-corrected chi connectivity index (χ2v) is 8.63. The number of hydrazone groups is 1. The number of nitrogens with zero attached hydrogens (tertiary/aromatic N) is 2. The van der Waals surface area contributed by atoms with Crippen molar-refractivity contribution in [3.05, 3.63) is 35.9 Å². The molecule has 4 unspecified atom stereocenters. The van der Waals surface area contributed by atoms with Crippen molar-refractivity contribution in [2.75, 3.05) is 6.54 Å². The Balaban J connectivity index is 1.62. The number of carboxylic acids is 1. The fraction of sp³-hybridized carbons (Fsp3) is 0.571. The van der Waals surface area contributed by atoms with Gasteiger partial charge in [-0.2, -0.15) is 0 Å². The van der Waals surface area contributed by atoms with E-state index in [4.69, 9.17) is 16.3 Å². The van der Waals surface area contributed by atoms with Crippen LogP contribution in [0.5, 0.6) is 0 Å². The highest BCUT2D eigenvalue weighted by atomic mass is 16.6. The largest absolute Gasteiger partial charge is 0.480 e. The molecule has 1 aliphatic heterocycles. The molecule has 1 heterocycles. The van der Waals surface area contributed by atoms with Gasteiger partial charge in [-0.05, 0) is 49.0 Å². The Kier molecular flexibility index (Phi) is 7.54. The van der Waals surface area contributed by atoms with E-state index in [1.807, 2.05) is 35.9 Å². The number of nitrogens with two attached hydrogens (primary N) is 2. The molecule has 11 nitrogen and oxygen atoms in total. The van der Waals surface area contributed by atoms with Crippen molar-refractivity contribution in [1.82, 2.24) is 10.4 Å². The number of carbonyl (C=O) groups excluding carboxylic acids is 1. The molecular formula is C21H31N5O6. The number of benzene rings is 1. The highest BCUT2D eigenvalue weighted by molar-refractivity contribution is 5.86. The summed E-state index contributed by atoms with van der Waals surface area (Å²) in [5, 5.41) is 33.6. The number of rotatable bonds is 7. The molecule has 2 fully saturated rings. The van der Waals surface area contributed by atoms with E-state index >= 15 is 0 Å². The smallest absolute Gasteiger partial charge is 0.410 e. The Morgan fingerprint density at radius 3 is 2.56 bits per heavy atom. The molecular weight excluding hydrogens is 418 g/mol. The average molecular weight is 450 g/mol. The van der Waals surface area contributed by atoms with Gasteiger partial charge in [0.15, 0.2) is 5.84 Å². The molecule has 1 aromatic rings. The number of carboxylic acid groups (broad SMARTS) is 1. The zero-order chi connectivity index (χ0) is 23.3. The summed E-state index contributed by atoms with van der Waals surface area (Å²) in [5.74, 6) is 1.31. The van der Waals surface area contributed by atoms with Crippen molar-refractivity contribution in [2.24, 2.45) is 34.4 Å². The summed E-state index contributed by atoms with van der Waals surface area (Å²) in [5.41, 5.74) is 8.33. The van der Waals surface area contributed by atoms with E-state index in [2.05, 4.69) is 5.10 Å². The number of aliphatic carboxylic acids is 1. The fourth-order valence-electron chi connectivity index (χ4n) is 4.84. The molecule has 1 aromatic carbocycles.